The Balaban J connectivity index is 2.38. The van der Waals surface area contributed by atoms with Gasteiger partial charge in [-0.1, -0.05) is 0 Å². The molecule has 20 heavy (non-hydrogen) atoms. The van der Waals surface area contributed by atoms with Crippen LogP contribution in [0, 0.1) is 11.7 Å². The van der Waals surface area contributed by atoms with Crippen molar-refractivity contribution in [1.29, 1.82) is 0 Å². The summed E-state index contributed by atoms with van der Waals surface area (Å²) in [6.45, 7) is 1.99. The molecule has 0 spiro atoms. The molecule has 112 valence electrons. The predicted molar refractivity (Wildman–Crippen MR) is 75.4 cm³/mol. The number of ether oxygens (including phenoxy) is 3. The minimum atomic E-state index is -0.413. The van der Waals surface area contributed by atoms with Gasteiger partial charge in [0.15, 0.2) is 23.1 Å². The van der Waals surface area contributed by atoms with E-state index in [1.807, 2.05) is 0 Å². The number of hydrogen-bond donors (Lipinski definition) is 1. The molecule has 1 aliphatic rings. The lowest BCUT2D eigenvalue weighted by Crippen LogP contribution is -2.31. The SMILES string of the molecule is COc1cc(F)c(OC)c(CC2CCCNC2)c1OC. The topological polar surface area (TPSA) is 39.7 Å². The van der Waals surface area contributed by atoms with Gasteiger partial charge >= 0.3 is 0 Å². The molecule has 0 amide bonds. The largest absolute Gasteiger partial charge is 0.493 e. The summed E-state index contributed by atoms with van der Waals surface area (Å²) >= 11 is 0. The van der Waals surface area contributed by atoms with Gasteiger partial charge in [-0.25, -0.2) is 4.39 Å². The zero-order valence-corrected chi connectivity index (χ0v) is 12.3. The second kappa shape index (κ2) is 6.79. The third kappa shape index (κ3) is 2.98. The molecule has 1 aliphatic heterocycles. The maximum atomic E-state index is 14.1. The number of methoxy groups -OCH3 is 3. The Hall–Kier alpha value is -1.49. The second-order valence-electron chi connectivity index (χ2n) is 5.02. The van der Waals surface area contributed by atoms with Crippen LogP contribution in [0.3, 0.4) is 0 Å². The van der Waals surface area contributed by atoms with Crippen molar-refractivity contribution in [1.82, 2.24) is 5.32 Å². The molecule has 0 bridgehead atoms. The molecule has 1 aromatic carbocycles. The molecule has 1 saturated heterocycles. The molecule has 4 nitrogen and oxygen atoms in total. The van der Waals surface area contributed by atoms with Crippen LogP contribution in [-0.2, 0) is 6.42 Å². The van der Waals surface area contributed by atoms with Gasteiger partial charge in [0, 0.05) is 11.6 Å². The molecular formula is C15H22FNO3. The molecule has 5 heteroatoms. The molecule has 1 fully saturated rings. The Morgan fingerprint density at radius 2 is 1.95 bits per heavy atom. The summed E-state index contributed by atoms with van der Waals surface area (Å²) in [5.74, 6) is 1.27. The van der Waals surface area contributed by atoms with Crippen molar-refractivity contribution in [3.63, 3.8) is 0 Å². The first-order valence-corrected chi connectivity index (χ1v) is 6.89. The van der Waals surface area contributed by atoms with Gasteiger partial charge in [-0.15, -0.1) is 0 Å². The molecule has 1 aromatic rings. The standard InChI is InChI=1S/C15H22FNO3/c1-18-13-8-12(16)14(19-2)11(15(13)20-3)7-10-5-4-6-17-9-10/h8,10,17H,4-7,9H2,1-3H3. The predicted octanol–water partition coefficient (Wildman–Crippen LogP) is 2.39. The van der Waals surface area contributed by atoms with Crippen LogP contribution in [0.5, 0.6) is 17.2 Å². The van der Waals surface area contributed by atoms with Gasteiger partial charge in [0.25, 0.3) is 0 Å². The number of benzene rings is 1. The van der Waals surface area contributed by atoms with E-state index < -0.39 is 5.82 Å². The summed E-state index contributed by atoms with van der Waals surface area (Å²) in [6.07, 6.45) is 2.98. The van der Waals surface area contributed by atoms with Crippen molar-refractivity contribution in [3.05, 3.63) is 17.4 Å². The lowest BCUT2D eigenvalue weighted by Gasteiger charge is -2.25. The Labute approximate surface area is 119 Å². The van der Waals surface area contributed by atoms with Gasteiger partial charge in [0.05, 0.1) is 21.3 Å². The van der Waals surface area contributed by atoms with E-state index in [1.54, 1.807) is 7.11 Å². The Kier molecular flexibility index (Phi) is 5.06. The molecule has 1 atom stereocenters. The molecule has 0 radical (unpaired) electrons. The van der Waals surface area contributed by atoms with Crippen LogP contribution >= 0.6 is 0 Å². The Morgan fingerprint density at radius 3 is 2.50 bits per heavy atom. The second-order valence-corrected chi connectivity index (χ2v) is 5.02. The van der Waals surface area contributed by atoms with Crippen molar-refractivity contribution in [2.75, 3.05) is 34.4 Å². The van der Waals surface area contributed by atoms with Crippen molar-refractivity contribution in [2.24, 2.45) is 5.92 Å². The van der Waals surface area contributed by atoms with Crippen LogP contribution in [0.25, 0.3) is 0 Å². The van der Waals surface area contributed by atoms with Gasteiger partial charge in [0.2, 0.25) is 0 Å². The van der Waals surface area contributed by atoms with Crippen LogP contribution in [0.4, 0.5) is 4.39 Å². The highest BCUT2D eigenvalue weighted by atomic mass is 19.1. The molecular weight excluding hydrogens is 261 g/mol. The summed E-state index contributed by atoms with van der Waals surface area (Å²) in [5, 5.41) is 3.37. The van der Waals surface area contributed by atoms with E-state index in [0.29, 0.717) is 23.8 Å². The summed E-state index contributed by atoms with van der Waals surface area (Å²) in [5.41, 5.74) is 0.751. The van der Waals surface area contributed by atoms with Crippen LogP contribution in [0.1, 0.15) is 18.4 Å². The van der Waals surface area contributed by atoms with Gasteiger partial charge in [0.1, 0.15) is 0 Å². The summed E-state index contributed by atoms with van der Waals surface area (Å²) < 4.78 is 29.9. The number of hydrogen-bond acceptors (Lipinski definition) is 4. The molecule has 0 aromatic heterocycles. The van der Waals surface area contributed by atoms with Crippen molar-refractivity contribution >= 4 is 0 Å². The van der Waals surface area contributed by atoms with E-state index in [1.165, 1.54) is 20.3 Å². The first-order valence-electron chi connectivity index (χ1n) is 6.89. The lowest BCUT2D eigenvalue weighted by atomic mass is 9.91. The van der Waals surface area contributed by atoms with Gasteiger partial charge < -0.3 is 19.5 Å². The molecule has 2 rings (SSSR count). The Bertz CT molecular complexity index is 459. The maximum absolute atomic E-state index is 14.1. The fourth-order valence-corrected chi connectivity index (χ4v) is 2.81. The van der Waals surface area contributed by atoms with Crippen LogP contribution < -0.4 is 19.5 Å². The van der Waals surface area contributed by atoms with Crippen molar-refractivity contribution < 1.29 is 18.6 Å². The number of nitrogens with one attached hydrogen (secondary N) is 1. The van der Waals surface area contributed by atoms with Crippen molar-refractivity contribution in [3.8, 4) is 17.2 Å². The number of rotatable bonds is 5. The number of halogens is 1. The van der Waals surface area contributed by atoms with Gasteiger partial charge in [-0.05, 0) is 38.3 Å². The maximum Gasteiger partial charge on any atom is 0.169 e. The zero-order chi connectivity index (χ0) is 14.5. The van der Waals surface area contributed by atoms with Crippen LogP contribution in [-0.4, -0.2) is 34.4 Å². The van der Waals surface area contributed by atoms with E-state index in [9.17, 15) is 4.39 Å². The smallest absolute Gasteiger partial charge is 0.169 e. The van der Waals surface area contributed by atoms with E-state index in [2.05, 4.69) is 5.32 Å². The monoisotopic (exact) mass is 283 g/mol. The molecule has 0 aliphatic carbocycles. The fourth-order valence-electron chi connectivity index (χ4n) is 2.81. The average molecular weight is 283 g/mol. The third-order valence-corrected chi connectivity index (χ3v) is 3.77. The minimum Gasteiger partial charge on any atom is -0.493 e. The molecule has 1 heterocycles. The third-order valence-electron chi connectivity index (χ3n) is 3.77. The van der Waals surface area contributed by atoms with E-state index >= 15 is 0 Å². The quantitative estimate of drug-likeness (QED) is 0.900. The summed E-state index contributed by atoms with van der Waals surface area (Å²) in [6, 6.07) is 1.31. The van der Waals surface area contributed by atoms with Crippen LogP contribution in [0.2, 0.25) is 0 Å². The van der Waals surface area contributed by atoms with E-state index in [0.717, 1.165) is 31.5 Å². The zero-order valence-electron chi connectivity index (χ0n) is 12.3. The molecule has 1 N–H and O–H groups in total. The lowest BCUT2D eigenvalue weighted by molar-refractivity contribution is 0.320. The first kappa shape index (κ1) is 14.9. The summed E-state index contributed by atoms with van der Waals surface area (Å²) in [4.78, 5) is 0. The molecule has 0 saturated carbocycles. The van der Waals surface area contributed by atoms with Crippen molar-refractivity contribution in [2.45, 2.75) is 19.3 Å². The Morgan fingerprint density at radius 1 is 1.20 bits per heavy atom. The highest BCUT2D eigenvalue weighted by Gasteiger charge is 2.24. The minimum absolute atomic E-state index is 0.258. The van der Waals surface area contributed by atoms with Crippen LogP contribution in [0.15, 0.2) is 6.07 Å². The fraction of sp³-hybridized carbons (Fsp3) is 0.600. The first-order chi connectivity index (χ1) is 9.71. The summed E-state index contributed by atoms with van der Waals surface area (Å²) in [7, 11) is 4.56. The van der Waals surface area contributed by atoms with Gasteiger partial charge in [-0.2, -0.15) is 0 Å². The molecule has 1 unspecified atom stereocenters. The normalized spacial score (nSPS) is 18.7. The highest BCUT2D eigenvalue weighted by molar-refractivity contribution is 5.55. The van der Waals surface area contributed by atoms with E-state index in [4.69, 9.17) is 14.2 Å². The van der Waals surface area contributed by atoms with Gasteiger partial charge in [-0.3, -0.25) is 0 Å². The average Bonchev–Trinajstić information content (AvgIpc) is 2.48. The number of piperidine rings is 1. The highest BCUT2D eigenvalue weighted by Crippen LogP contribution is 2.41. The van der Waals surface area contributed by atoms with E-state index in [-0.39, 0.29) is 5.75 Å².